The van der Waals surface area contributed by atoms with Crippen LogP contribution in [0.15, 0.2) is 12.2 Å². The molecule has 0 aromatic heterocycles. The molecule has 0 aromatic carbocycles. The molecule has 1 atom stereocenters. The summed E-state index contributed by atoms with van der Waals surface area (Å²) in [5.41, 5.74) is 0. The van der Waals surface area contributed by atoms with E-state index >= 15 is 0 Å². The minimum atomic E-state index is -0.361. The molecule has 4 nitrogen and oxygen atoms in total. The first-order chi connectivity index (χ1) is 27.2. The number of allylic oxidation sites excluding steroid dienone is 2. The van der Waals surface area contributed by atoms with Crippen LogP contribution in [0.25, 0.3) is 0 Å². The van der Waals surface area contributed by atoms with E-state index in [1.807, 2.05) is 0 Å². The second kappa shape index (κ2) is 47.1. The maximum atomic E-state index is 13.1. The Labute approximate surface area is 345 Å². The summed E-state index contributed by atoms with van der Waals surface area (Å²) in [6.07, 6.45) is 55.9. The monoisotopic (exact) mass is 775 g/mol. The van der Waals surface area contributed by atoms with Gasteiger partial charge < -0.3 is 9.47 Å². The first kappa shape index (κ1) is 53.7. The van der Waals surface area contributed by atoms with Crippen molar-refractivity contribution in [3.05, 3.63) is 12.2 Å². The largest absolute Gasteiger partial charge is 0.466 e. The summed E-state index contributed by atoms with van der Waals surface area (Å²) in [7, 11) is 0. The minimum Gasteiger partial charge on any atom is -0.466 e. The van der Waals surface area contributed by atoms with Crippen LogP contribution in [-0.4, -0.2) is 25.2 Å². The number of hydrogen-bond acceptors (Lipinski definition) is 4. The fraction of sp³-hybridized carbons (Fsp3) is 0.922. The van der Waals surface area contributed by atoms with E-state index in [4.69, 9.17) is 9.47 Å². The van der Waals surface area contributed by atoms with E-state index in [0.29, 0.717) is 13.2 Å². The van der Waals surface area contributed by atoms with Crippen LogP contribution in [-0.2, 0) is 19.1 Å². The van der Waals surface area contributed by atoms with Crippen LogP contribution in [0, 0.1) is 5.92 Å². The first-order valence-electron chi connectivity index (χ1n) is 25.1. The number of carbonyl (C=O) groups is 2. The molecule has 1 unspecified atom stereocenters. The van der Waals surface area contributed by atoms with Crippen molar-refractivity contribution in [1.29, 1.82) is 0 Å². The highest BCUT2D eigenvalue weighted by Crippen LogP contribution is 2.20. The van der Waals surface area contributed by atoms with Crippen LogP contribution in [0.3, 0.4) is 0 Å². The van der Waals surface area contributed by atoms with Gasteiger partial charge >= 0.3 is 11.9 Å². The van der Waals surface area contributed by atoms with Gasteiger partial charge in [0.2, 0.25) is 0 Å². The predicted octanol–water partition coefficient (Wildman–Crippen LogP) is 17.3. The van der Waals surface area contributed by atoms with Crippen LogP contribution < -0.4 is 0 Å². The molecule has 0 aliphatic heterocycles. The second-order valence-corrected chi connectivity index (χ2v) is 17.1. The molecule has 0 spiro atoms. The smallest absolute Gasteiger partial charge is 0.309 e. The highest BCUT2D eigenvalue weighted by atomic mass is 16.5. The summed E-state index contributed by atoms with van der Waals surface area (Å²) in [4.78, 5) is 25.9. The summed E-state index contributed by atoms with van der Waals surface area (Å²) in [5.74, 6) is -0.766. The Bertz CT molecular complexity index is 792. The lowest BCUT2D eigenvalue weighted by Crippen LogP contribution is -2.23. The Kier molecular flexibility index (Phi) is 45.9. The summed E-state index contributed by atoms with van der Waals surface area (Å²) in [6.45, 7) is 7.71. The lowest BCUT2D eigenvalue weighted by molar-refractivity contribution is -0.155. The second-order valence-electron chi connectivity index (χ2n) is 17.1. The normalized spacial score (nSPS) is 12.1. The predicted molar refractivity (Wildman–Crippen MR) is 241 cm³/mol. The molecule has 0 N–H and O–H groups in total. The zero-order valence-corrected chi connectivity index (χ0v) is 37.8. The SMILES string of the molecule is CC/C=C/CCCCCCCCCCCCCCCCCC(CC(=O)OCCCCCCCCCCCCC)C(=O)OCCCCCCCCCCCCC. The molecular formula is C51H98O4. The molecule has 0 amide bonds. The molecule has 0 fully saturated rings. The van der Waals surface area contributed by atoms with Gasteiger partial charge in [-0.15, -0.1) is 0 Å². The molecule has 0 aliphatic rings. The van der Waals surface area contributed by atoms with Crippen molar-refractivity contribution in [2.24, 2.45) is 5.92 Å². The Morgan fingerprint density at radius 2 is 0.709 bits per heavy atom. The van der Waals surface area contributed by atoms with Gasteiger partial charge in [0.15, 0.2) is 0 Å². The van der Waals surface area contributed by atoms with Crippen LogP contribution in [0.5, 0.6) is 0 Å². The Hall–Kier alpha value is -1.32. The fourth-order valence-corrected chi connectivity index (χ4v) is 7.81. The molecule has 55 heavy (non-hydrogen) atoms. The molecule has 0 aliphatic carbocycles. The van der Waals surface area contributed by atoms with Crippen LogP contribution >= 0.6 is 0 Å². The lowest BCUT2D eigenvalue weighted by atomic mass is 9.97. The van der Waals surface area contributed by atoms with Crippen LogP contribution in [0.4, 0.5) is 0 Å². The van der Waals surface area contributed by atoms with Gasteiger partial charge in [-0.1, -0.05) is 251 Å². The van der Waals surface area contributed by atoms with Gasteiger partial charge in [0.1, 0.15) is 0 Å². The summed E-state index contributed by atoms with van der Waals surface area (Å²) < 4.78 is 11.4. The molecule has 0 bridgehead atoms. The Morgan fingerprint density at radius 3 is 1.09 bits per heavy atom. The zero-order valence-electron chi connectivity index (χ0n) is 37.8. The van der Waals surface area contributed by atoms with Gasteiger partial charge in [-0.25, -0.2) is 0 Å². The number of unbranched alkanes of at least 4 members (excludes halogenated alkanes) is 35. The van der Waals surface area contributed by atoms with E-state index in [0.717, 1.165) is 44.9 Å². The third kappa shape index (κ3) is 43.6. The molecule has 0 rings (SSSR count). The van der Waals surface area contributed by atoms with Crippen molar-refractivity contribution in [3.63, 3.8) is 0 Å². The Balaban J connectivity index is 4.17. The molecule has 326 valence electrons. The first-order valence-corrected chi connectivity index (χ1v) is 25.1. The molecule has 0 heterocycles. The third-order valence-corrected chi connectivity index (χ3v) is 11.6. The maximum absolute atomic E-state index is 13.1. The average Bonchev–Trinajstić information content (AvgIpc) is 3.19. The van der Waals surface area contributed by atoms with Crippen molar-refractivity contribution in [2.45, 2.75) is 284 Å². The standard InChI is InChI=1S/C51H98O4/c1-4-7-10-13-16-19-22-23-24-25-26-27-28-29-30-33-36-39-42-45-49(51(53)55-47-44-41-38-35-32-21-18-15-12-9-6-3)48-50(52)54-46-43-40-37-34-31-20-17-14-11-8-5-2/h7,10,49H,4-6,8-9,11-48H2,1-3H3/b10-7+. The van der Waals surface area contributed by atoms with E-state index in [1.165, 1.54) is 212 Å². The van der Waals surface area contributed by atoms with Gasteiger partial charge in [-0.2, -0.15) is 0 Å². The van der Waals surface area contributed by atoms with Crippen molar-refractivity contribution in [1.82, 2.24) is 0 Å². The van der Waals surface area contributed by atoms with E-state index in [2.05, 4.69) is 32.9 Å². The minimum absolute atomic E-state index is 0.172. The number of esters is 2. The van der Waals surface area contributed by atoms with Gasteiger partial charge in [0.05, 0.1) is 25.6 Å². The van der Waals surface area contributed by atoms with Gasteiger partial charge in [-0.05, 0) is 38.5 Å². The molecular weight excluding hydrogens is 677 g/mol. The summed E-state index contributed by atoms with van der Waals surface area (Å²) in [6, 6.07) is 0. The summed E-state index contributed by atoms with van der Waals surface area (Å²) >= 11 is 0. The number of rotatable bonds is 46. The van der Waals surface area contributed by atoms with E-state index in [9.17, 15) is 9.59 Å². The maximum Gasteiger partial charge on any atom is 0.309 e. The van der Waals surface area contributed by atoms with Crippen molar-refractivity contribution in [2.75, 3.05) is 13.2 Å². The average molecular weight is 775 g/mol. The number of hydrogen-bond donors (Lipinski definition) is 0. The quantitative estimate of drug-likeness (QED) is 0.0351. The van der Waals surface area contributed by atoms with Gasteiger partial charge in [0, 0.05) is 0 Å². The highest BCUT2D eigenvalue weighted by molar-refractivity contribution is 5.79. The highest BCUT2D eigenvalue weighted by Gasteiger charge is 2.24. The van der Waals surface area contributed by atoms with E-state index in [1.54, 1.807) is 0 Å². The fourth-order valence-electron chi connectivity index (χ4n) is 7.81. The molecule has 0 saturated carbocycles. The third-order valence-electron chi connectivity index (χ3n) is 11.6. The topological polar surface area (TPSA) is 52.6 Å². The van der Waals surface area contributed by atoms with E-state index in [-0.39, 0.29) is 24.3 Å². The number of ether oxygens (including phenoxy) is 2. The van der Waals surface area contributed by atoms with Crippen LogP contribution in [0.2, 0.25) is 0 Å². The molecule has 0 saturated heterocycles. The zero-order chi connectivity index (χ0) is 40.0. The molecule has 0 radical (unpaired) electrons. The molecule has 0 aromatic rings. The van der Waals surface area contributed by atoms with Crippen molar-refractivity contribution >= 4 is 11.9 Å². The lowest BCUT2D eigenvalue weighted by Gasteiger charge is -2.16. The van der Waals surface area contributed by atoms with Crippen molar-refractivity contribution < 1.29 is 19.1 Å². The molecule has 4 heteroatoms. The summed E-state index contributed by atoms with van der Waals surface area (Å²) in [5, 5.41) is 0. The van der Waals surface area contributed by atoms with Crippen molar-refractivity contribution in [3.8, 4) is 0 Å². The van der Waals surface area contributed by atoms with Crippen LogP contribution in [0.1, 0.15) is 284 Å². The van der Waals surface area contributed by atoms with Gasteiger partial charge in [0.25, 0.3) is 0 Å². The van der Waals surface area contributed by atoms with E-state index < -0.39 is 0 Å². The van der Waals surface area contributed by atoms with Gasteiger partial charge in [-0.3, -0.25) is 9.59 Å². The number of carbonyl (C=O) groups excluding carboxylic acids is 2. The Morgan fingerprint density at radius 1 is 0.382 bits per heavy atom.